The smallest absolute Gasteiger partial charge is 0.134 e. The molecule has 1 unspecified atom stereocenters. The fraction of sp³-hybridized carbons (Fsp3) is 0.385. The Morgan fingerprint density at radius 1 is 1.35 bits per heavy atom. The van der Waals surface area contributed by atoms with E-state index in [4.69, 9.17) is 10.2 Å². The molecule has 1 aromatic carbocycles. The van der Waals surface area contributed by atoms with E-state index in [1.807, 2.05) is 18.2 Å². The summed E-state index contributed by atoms with van der Waals surface area (Å²) in [7, 11) is 0. The zero-order chi connectivity index (χ0) is 12.1. The van der Waals surface area contributed by atoms with Crippen LogP contribution in [0.4, 0.5) is 0 Å². The molecule has 2 aromatic rings. The van der Waals surface area contributed by atoms with Crippen molar-refractivity contribution < 1.29 is 9.52 Å². The summed E-state index contributed by atoms with van der Waals surface area (Å²) >= 11 is 0. The summed E-state index contributed by atoms with van der Waals surface area (Å²) < 4.78 is 5.45. The van der Waals surface area contributed by atoms with Gasteiger partial charge in [-0.15, -0.1) is 0 Å². The first-order valence-electron chi connectivity index (χ1n) is 5.85. The zero-order valence-corrected chi connectivity index (χ0v) is 9.73. The van der Waals surface area contributed by atoms with Gasteiger partial charge in [0.15, 0.2) is 0 Å². The highest BCUT2D eigenvalue weighted by Gasteiger charge is 2.05. The molecular weight excluding hydrogens is 216 g/mol. The Labute approximate surface area is 100 Å². The van der Waals surface area contributed by atoms with E-state index < -0.39 is 6.10 Å². The zero-order valence-electron chi connectivity index (χ0n) is 9.73. The summed E-state index contributed by atoms with van der Waals surface area (Å²) in [5.41, 5.74) is 7.43. The summed E-state index contributed by atoms with van der Waals surface area (Å²) in [4.78, 5) is 0. The molecule has 4 heteroatoms. The third kappa shape index (κ3) is 3.06. The molecule has 4 nitrogen and oxygen atoms in total. The minimum atomic E-state index is -0.462. The number of aliphatic hydroxyl groups excluding tert-OH is 1. The molecule has 2 rings (SSSR count). The Hall–Kier alpha value is -1.36. The van der Waals surface area contributed by atoms with Gasteiger partial charge in [0, 0.05) is 18.5 Å². The van der Waals surface area contributed by atoms with Crippen LogP contribution in [0, 0.1) is 0 Å². The Morgan fingerprint density at radius 3 is 3.00 bits per heavy atom. The second kappa shape index (κ2) is 5.82. The molecule has 0 saturated carbocycles. The van der Waals surface area contributed by atoms with E-state index in [0.717, 1.165) is 23.9 Å². The van der Waals surface area contributed by atoms with Crippen LogP contribution in [0.25, 0.3) is 11.0 Å². The summed E-state index contributed by atoms with van der Waals surface area (Å²) in [6.45, 7) is 1.63. The number of rotatable bonds is 6. The maximum Gasteiger partial charge on any atom is 0.134 e. The van der Waals surface area contributed by atoms with Crippen molar-refractivity contribution in [1.29, 1.82) is 0 Å². The normalized spacial score (nSPS) is 13.1. The highest BCUT2D eigenvalue weighted by molar-refractivity contribution is 5.80. The maximum atomic E-state index is 9.28. The Kier molecular flexibility index (Phi) is 4.14. The van der Waals surface area contributed by atoms with E-state index in [0.29, 0.717) is 13.1 Å². The van der Waals surface area contributed by atoms with Crippen LogP contribution >= 0.6 is 0 Å². The predicted octanol–water partition coefficient (Wildman–Crippen LogP) is 0.885. The molecule has 17 heavy (non-hydrogen) atoms. The molecule has 1 heterocycles. The van der Waals surface area contributed by atoms with Crippen LogP contribution in [0.15, 0.2) is 34.9 Å². The number of hydrogen-bond acceptors (Lipinski definition) is 4. The van der Waals surface area contributed by atoms with Crippen molar-refractivity contribution in [3.05, 3.63) is 36.1 Å². The fourth-order valence-corrected chi connectivity index (χ4v) is 1.80. The van der Waals surface area contributed by atoms with Crippen LogP contribution in [0.3, 0.4) is 0 Å². The molecule has 0 amide bonds. The third-order valence-electron chi connectivity index (χ3n) is 2.78. The minimum Gasteiger partial charge on any atom is -0.464 e. The summed E-state index contributed by atoms with van der Waals surface area (Å²) in [5, 5.41) is 13.6. The van der Waals surface area contributed by atoms with Gasteiger partial charge >= 0.3 is 0 Å². The minimum absolute atomic E-state index is 0.293. The number of para-hydroxylation sites is 1. The van der Waals surface area contributed by atoms with E-state index >= 15 is 0 Å². The van der Waals surface area contributed by atoms with Crippen molar-refractivity contribution in [1.82, 2.24) is 5.32 Å². The van der Waals surface area contributed by atoms with Crippen molar-refractivity contribution in [3.8, 4) is 0 Å². The molecule has 0 fully saturated rings. The van der Waals surface area contributed by atoms with Gasteiger partial charge in [-0.2, -0.15) is 0 Å². The average molecular weight is 234 g/mol. The molecule has 0 spiro atoms. The number of benzene rings is 1. The van der Waals surface area contributed by atoms with Crippen LogP contribution < -0.4 is 11.1 Å². The number of fused-ring (bicyclic) bond motifs is 1. The molecule has 4 N–H and O–H groups in total. The van der Waals surface area contributed by atoms with Gasteiger partial charge in [0.05, 0.1) is 12.4 Å². The van der Waals surface area contributed by atoms with Crippen molar-refractivity contribution in [2.75, 3.05) is 19.6 Å². The van der Waals surface area contributed by atoms with Crippen molar-refractivity contribution in [2.45, 2.75) is 12.5 Å². The number of furan rings is 1. The molecule has 0 aliphatic rings. The molecule has 0 saturated heterocycles. The van der Waals surface area contributed by atoms with Gasteiger partial charge < -0.3 is 20.6 Å². The Bertz CT molecular complexity index is 467. The highest BCUT2D eigenvalue weighted by atomic mass is 16.3. The van der Waals surface area contributed by atoms with Gasteiger partial charge in [-0.25, -0.2) is 0 Å². The second-order valence-electron chi connectivity index (χ2n) is 4.10. The first kappa shape index (κ1) is 12.1. The van der Waals surface area contributed by atoms with Crippen LogP contribution in [-0.4, -0.2) is 30.8 Å². The standard InChI is InChI=1S/C13H18N2O2/c14-7-11(16)8-15-6-5-10-9-17-13-4-2-1-3-12(10)13/h1-4,9,11,15-16H,5-8,14H2. The van der Waals surface area contributed by atoms with Gasteiger partial charge in [0.1, 0.15) is 5.58 Å². The van der Waals surface area contributed by atoms with Crippen LogP contribution in [0.1, 0.15) is 5.56 Å². The first-order valence-corrected chi connectivity index (χ1v) is 5.85. The average Bonchev–Trinajstić information content (AvgIpc) is 2.78. The molecule has 1 atom stereocenters. The van der Waals surface area contributed by atoms with E-state index in [1.54, 1.807) is 6.26 Å². The summed E-state index contributed by atoms with van der Waals surface area (Å²) in [6, 6.07) is 7.99. The Morgan fingerprint density at radius 2 is 2.18 bits per heavy atom. The lowest BCUT2D eigenvalue weighted by Crippen LogP contribution is -2.33. The monoisotopic (exact) mass is 234 g/mol. The van der Waals surface area contributed by atoms with Crippen LogP contribution in [-0.2, 0) is 6.42 Å². The van der Waals surface area contributed by atoms with E-state index in [2.05, 4.69) is 11.4 Å². The molecule has 92 valence electrons. The molecule has 0 aliphatic carbocycles. The summed E-state index contributed by atoms with van der Waals surface area (Å²) in [6.07, 6.45) is 2.22. The Balaban J connectivity index is 1.87. The van der Waals surface area contributed by atoms with Gasteiger partial charge in [-0.05, 0) is 24.6 Å². The van der Waals surface area contributed by atoms with Crippen molar-refractivity contribution in [2.24, 2.45) is 5.73 Å². The summed E-state index contributed by atoms with van der Waals surface area (Å²) in [5.74, 6) is 0. The second-order valence-corrected chi connectivity index (χ2v) is 4.10. The quantitative estimate of drug-likeness (QED) is 0.649. The number of hydrogen-bond donors (Lipinski definition) is 3. The van der Waals surface area contributed by atoms with Crippen molar-refractivity contribution in [3.63, 3.8) is 0 Å². The van der Waals surface area contributed by atoms with Gasteiger partial charge in [0.25, 0.3) is 0 Å². The molecular formula is C13H18N2O2. The first-order chi connectivity index (χ1) is 8.31. The lowest BCUT2D eigenvalue weighted by Gasteiger charge is -2.08. The lowest BCUT2D eigenvalue weighted by molar-refractivity contribution is 0.180. The van der Waals surface area contributed by atoms with Gasteiger partial charge in [0.2, 0.25) is 0 Å². The van der Waals surface area contributed by atoms with Crippen LogP contribution in [0.5, 0.6) is 0 Å². The molecule has 0 aliphatic heterocycles. The van der Waals surface area contributed by atoms with Gasteiger partial charge in [-0.1, -0.05) is 18.2 Å². The fourth-order valence-electron chi connectivity index (χ4n) is 1.80. The number of nitrogens with two attached hydrogens (primary N) is 1. The molecule has 0 bridgehead atoms. The molecule has 0 radical (unpaired) electrons. The predicted molar refractivity (Wildman–Crippen MR) is 67.8 cm³/mol. The SMILES string of the molecule is NCC(O)CNCCc1coc2ccccc12. The highest BCUT2D eigenvalue weighted by Crippen LogP contribution is 2.20. The number of aliphatic hydroxyl groups is 1. The van der Waals surface area contributed by atoms with Gasteiger partial charge in [-0.3, -0.25) is 0 Å². The van der Waals surface area contributed by atoms with E-state index in [1.165, 1.54) is 5.56 Å². The van der Waals surface area contributed by atoms with Crippen molar-refractivity contribution >= 4 is 11.0 Å². The maximum absolute atomic E-state index is 9.28. The third-order valence-corrected chi connectivity index (χ3v) is 2.78. The van der Waals surface area contributed by atoms with Crippen LogP contribution in [0.2, 0.25) is 0 Å². The largest absolute Gasteiger partial charge is 0.464 e. The lowest BCUT2D eigenvalue weighted by atomic mass is 10.1. The van der Waals surface area contributed by atoms with E-state index in [-0.39, 0.29) is 0 Å². The van der Waals surface area contributed by atoms with E-state index in [9.17, 15) is 5.11 Å². The topological polar surface area (TPSA) is 71.4 Å². The number of nitrogens with one attached hydrogen (secondary N) is 1. The molecule has 1 aromatic heterocycles.